The summed E-state index contributed by atoms with van der Waals surface area (Å²) in [6.45, 7) is 7.25. The molecule has 3 fully saturated rings. The number of halogens is 1. The van der Waals surface area contributed by atoms with Crippen molar-refractivity contribution in [2.45, 2.75) is 101 Å². The van der Waals surface area contributed by atoms with Crippen LogP contribution in [-0.2, 0) is 31.3 Å². The van der Waals surface area contributed by atoms with E-state index in [-0.39, 0.29) is 48.3 Å². The van der Waals surface area contributed by atoms with E-state index >= 15 is 0 Å². The predicted molar refractivity (Wildman–Crippen MR) is 183 cm³/mol. The van der Waals surface area contributed by atoms with Crippen LogP contribution in [0, 0.1) is 5.92 Å². The van der Waals surface area contributed by atoms with Crippen LogP contribution in [0.5, 0.6) is 0 Å². The lowest BCUT2D eigenvalue weighted by Crippen LogP contribution is -2.46. The number of aliphatic hydroxyl groups is 1. The molecule has 3 amide bonds. The molecule has 4 aliphatic heterocycles. The van der Waals surface area contributed by atoms with Crippen molar-refractivity contribution in [2.75, 3.05) is 29.5 Å². The molecule has 4 heterocycles. The van der Waals surface area contributed by atoms with E-state index in [0.717, 1.165) is 72.0 Å². The van der Waals surface area contributed by atoms with E-state index < -0.39 is 20.0 Å². The van der Waals surface area contributed by atoms with Gasteiger partial charge in [-0.05, 0) is 74.7 Å². The van der Waals surface area contributed by atoms with E-state index in [1.54, 1.807) is 9.80 Å². The fourth-order valence-corrected chi connectivity index (χ4v) is 11.4. The molecule has 0 aromatic heterocycles. The Balaban J connectivity index is 1.30. The smallest absolute Gasteiger partial charge is 0.264 e. The topological polar surface area (TPSA) is 111 Å². The van der Waals surface area contributed by atoms with E-state index in [4.69, 9.17) is 4.74 Å². The van der Waals surface area contributed by atoms with Crippen molar-refractivity contribution in [1.82, 2.24) is 4.90 Å². The number of nitrogens with zero attached hydrogens (tertiary/aromatic N) is 3. The zero-order valence-electron chi connectivity index (χ0n) is 27.1. The van der Waals surface area contributed by atoms with Gasteiger partial charge in [-0.25, -0.2) is 0 Å². The molecule has 1 spiro atoms. The molecular weight excluding hydrogens is 666 g/mol. The number of benzene rings is 2. The summed E-state index contributed by atoms with van der Waals surface area (Å²) in [7, 11) is -2.93. The molecule has 46 heavy (non-hydrogen) atoms. The van der Waals surface area contributed by atoms with Gasteiger partial charge in [0.25, 0.3) is 5.91 Å². The zero-order valence-corrected chi connectivity index (χ0v) is 29.7. The van der Waals surface area contributed by atoms with Gasteiger partial charge in [-0.2, -0.15) is 0 Å². The van der Waals surface area contributed by atoms with Gasteiger partial charge in [0.05, 0.1) is 37.4 Å². The normalized spacial score (nSPS) is 28.6. The molecule has 0 unspecified atom stereocenters. The Morgan fingerprint density at radius 3 is 2.50 bits per heavy atom. The van der Waals surface area contributed by atoms with E-state index in [2.05, 4.69) is 15.9 Å². The SMILES string of the molecule is C[C@@H]1[C@@H]([Si](C)(C)O)[C@H](CC(=O)N2CCC[C@H]2CO)O[C@@]12C(=O)N(Cc1ccc(N3CCCCCCC3=O)cc1)c1ccc(Br)cc12. The van der Waals surface area contributed by atoms with Crippen LogP contribution in [0.15, 0.2) is 46.9 Å². The van der Waals surface area contributed by atoms with Crippen LogP contribution in [0.3, 0.4) is 0 Å². The van der Waals surface area contributed by atoms with Crippen molar-refractivity contribution >= 4 is 53.3 Å². The number of aliphatic hydroxyl groups excluding tert-OH is 1. The third-order valence-corrected chi connectivity index (χ3v) is 13.6. The molecule has 6 rings (SSSR count). The molecule has 4 aliphatic rings. The third-order valence-electron chi connectivity index (χ3n) is 10.6. The quantitative estimate of drug-likeness (QED) is 0.369. The van der Waals surface area contributed by atoms with Gasteiger partial charge in [0, 0.05) is 46.7 Å². The summed E-state index contributed by atoms with van der Waals surface area (Å²) in [4.78, 5) is 58.1. The van der Waals surface area contributed by atoms with Crippen molar-refractivity contribution in [3.63, 3.8) is 0 Å². The van der Waals surface area contributed by atoms with Gasteiger partial charge in [0.2, 0.25) is 11.8 Å². The summed E-state index contributed by atoms with van der Waals surface area (Å²) in [6, 6.07) is 13.5. The number of hydrogen-bond acceptors (Lipinski definition) is 6. The summed E-state index contributed by atoms with van der Waals surface area (Å²) in [5.41, 5.74) is 1.60. The molecule has 11 heteroatoms. The van der Waals surface area contributed by atoms with Crippen LogP contribution in [-0.4, -0.2) is 72.7 Å². The number of ether oxygens (including phenoxy) is 1. The first kappa shape index (κ1) is 33.3. The molecule has 248 valence electrons. The number of fused-ring (bicyclic) bond motifs is 2. The number of amides is 3. The van der Waals surface area contributed by atoms with E-state index in [1.165, 1.54) is 0 Å². The number of carbonyl (C=O) groups excluding carboxylic acids is 3. The predicted octanol–water partition coefficient (Wildman–Crippen LogP) is 5.46. The Hall–Kier alpha value is -2.57. The number of likely N-dealkylation sites (tertiary alicyclic amines) is 1. The first-order chi connectivity index (χ1) is 22.0. The second kappa shape index (κ2) is 13.1. The molecule has 9 nitrogen and oxygen atoms in total. The average Bonchev–Trinajstić information content (AvgIpc) is 3.66. The fourth-order valence-electron chi connectivity index (χ4n) is 8.45. The molecule has 2 N–H and O–H groups in total. The average molecular weight is 713 g/mol. The Morgan fingerprint density at radius 2 is 1.78 bits per heavy atom. The van der Waals surface area contributed by atoms with E-state index in [1.807, 2.05) is 67.4 Å². The highest BCUT2D eigenvalue weighted by Crippen LogP contribution is 2.60. The van der Waals surface area contributed by atoms with Crippen molar-refractivity contribution in [3.8, 4) is 0 Å². The minimum absolute atomic E-state index is 0.0531. The van der Waals surface area contributed by atoms with Gasteiger partial charge in [0.1, 0.15) is 0 Å². The van der Waals surface area contributed by atoms with Crippen LogP contribution < -0.4 is 9.80 Å². The number of hydrogen-bond donors (Lipinski definition) is 2. The first-order valence-corrected chi connectivity index (χ1v) is 20.6. The Morgan fingerprint density at radius 1 is 1.04 bits per heavy atom. The van der Waals surface area contributed by atoms with E-state index in [9.17, 15) is 24.3 Å². The van der Waals surface area contributed by atoms with Gasteiger partial charge >= 0.3 is 0 Å². The Kier molecular flexibility index (Phi) is 9.52. The van der Waals surface area contributed by atoms with Gasteiger partial charge in [-0.3, -0.25) is 14.4 Å². The molecule has 0 saturated carbocycles. The van der Waals surface area contributed by atoms with Crippen LogP contribution in [0.1, 0.15) is 69.4 Å². The summed E-state index contributed by atoms with van der Waals surface area (Å²) >= 11 is 3.61. The summed E-state index contributed by atoms with van der Waals surface area (Å²) in [5.74, 6) is -0.520. The monoisotopic (exact) mass is 711 g/mol. The zero-order chi connectivity index (χ0) is 32.8. The Labute approximate surface area is 281 Å². The molecule has 5 atom stereocenters. The molecule has 0 bridgehead atoms. The minimum Gasteiger partial charge on any atom is -0.432 e. The highest BCUT2D eigenvalue weighted by molar-refractivity contribution is 9.10. The summed E-state index contributed by atoms with van der Waals surface area (Å²) in [6.07, 6.45) is 5.74. The van der Waals surface area contributed by atoms with E-state index in [0.29, 0.717) is 19.5 Å². The first-order valence-electron chi connectivity index (χ1n) is 16.8. The van der Waals surface area contributed by atoms with Crippen LogP contribution in [0.25, 0.3) is 0 Å². The highest BCUT2D eigenvalue weighted by atomic mass is 79.9. The molecule has 2 aromatic carbocycles. The lowest BCUT2D eigenvalue weighted by atomic mass is 9.82. The maximum absolute atomic E-state index is 14.7. The largest absolute Gasteiger partial charge is 0.432 e. The van der Waals surface area contributed by atoms with Crippen LogP contribution in [0.4, 0.5) is 11.4 Å². The second-order valence-electron chi connectivity index (χ2n) is 14.1. The van der Waals surface area contributed by atoms with Crippen molar-refractivity contribution in [2.24, 2.45) is 5.92 Å². The molecule has 0 aliphatic carbocycles. The van der Waals surface area contributed by atoms with Crippen LogP contribution >= 0.6 is 15.9 Å². The molecular formula is C35H46BrN3O6Si. The summed E-state index contributed by atoms with van der Waals surface area (Å²) < 4.78 is 7.68. The van der Waals surface area contributed by atoms with Crippen LogP contribution in [0.2, 0.25) is 18.6 Å². The highest BCUT2D eigenvalue weighted by Gasteiger charge is 2.66. The molecule has 0 radical (unpaired) electrons. The lowest BCUT2D eigenvalue weighted by molar-refractivity contribution is -0.150. The summed E-state index contributed by atoms with van der Waals surface area (Å²) in [5, 5.41) is 9.84. The van der Waals surface area contributed by atoms with Crippen molar-refractivity contribution in [1.29, 1.82) is 0 Å². The van der Waals surface area contributed by atoms with Gasteiger partial charge < -0.3 is 29.3 Å². The number of rotatable bonds is 7. The second-order valence-corrected chi connectivity index (χ2v) is 18.9. The minimum atomic E-state index is -2.93. The third kappa shape index (κ3) is 5.98. The maximum Gasteiger partial charge on any atom is 0.264 e. The number of carbonyl (C=O) groups is 3. The number of anilines is 2. The Bertz CT molecular complexity index is 1480. The standard InChI is InChI=1S/C35H46BrN3O6Si/c1-23-33(46(2,3)44)30(20-32(42)38-18-8-9-27(38)22-40)45-35(23)28-19-25(36)13-16-29(28)39(34(35)43)21-24-11-14-26(15-12-24)37-17-7-5-4-6-10-31(37)41/h11-16,19,23,27,30,33,40,44H,4-10,17-18,20-22H2,1-3H3/t23-,27+,30+,33-,35+/m1/s1. The van der Waals surface area contributed by atoms with Gasteiger partial charge in [-0.15, -0.1) is 0 Å². The molecule has 2 aromatic rings. The maximum atomic E-state index is 14.7. The van der Waals surface area contributed by atoms with Gasteiger partial charge in [-0.1, -0.05) is 47.8 Å². The van der Waals surface area contributed by atoms with Crippen molar-refractivity contribution in [3.05, 3.63) is 58.1 Å². The van der Waals surface area contributed by atoms with Gasteiger partial charge in [0.15, 0.2) is 13.9 Å². The lowest BCUT2D eigenvalue weighted by Gasteiger charge is -2.33. The van der Waals surface area contributed by atoms with Crippen molar-refractivity contribution < 1.29 is 29.0 Å². The fraction of sp³-hybridized carbons (Fsp3) is 0.571. The molecule has 3 saturated heterocycles.